The van der Waals surface area contributed by atoms with Crippen LogP contribution in [0.15, 0.2) is 24.5 Å². The molecule has 0 saturated heterocycles. The zero-order chi connectivity index (χ0) is 14.5. The minimum absolute atomic E-state index is 0.644. The van der Waals surface area contributed by atoms with Crippen molar-refractivity contribution in [2.45, 2.75) is 26.7 Å². The zero-order valence-corrected chi connectivity index (χ0v) is 13.1. The third-order valence-electron chi connectivity index (χ3n) is 3.10. The Labute approximate surface area is 129 Å². The van der Waals surface area contributed by atoms with Gasteiger partial charge in [-0.3, -0.25) is 0 Å². The summed E-state index contributed by atoms with van der Waals surface area (Å²) in [5, 5.41) is 4.60. The van der Waals surface area contributed by atoms with Gasteiger partial charge in [-0.2, -0.15) is 0 Å². The Bertz CT molecular complexity index is 600. The molecule has 1 aromatic carbocycles. The van der Waals surface area contributed by atoms with Crippen LogP contribution in [0, 0.1) is 0 Å². The highest BCUT2D eigenvalue weighted by atomic mass is 35.5. The number of aromatic nitrogens is 2. The van der Waals surface area contributed by atoms with Gasteiger partial charge in [0.15, 0.2) is 0 Å². The summed E-state index contributed by atoms with van der Waals surface area (Å²) in [6.45, 7) is 4.96. The lowest BCUT2D eigenvalue weighted by molar-refractivity contribution is 0.938. The predicted octanol–water partition coefficient (Wildman–Crippen LogP) is 4.37. The Balaban J connectivity index is 2.40. The maximum absolute atomic E-state index is 6.26. The highest BCUT2D eigenvalue weighted by Gasteiger charge is 2.12. The van der Waals surface area contributed by atoms with E-state index in [0.717, 1.165) is 35.6 Å². The fourth-order valence-electron chi connectivity index (χ4n) is 2.11. The first-order valence-electron chi connectivity index (χ1n) is 6.66. The van der Waals surface area contributed by atoms with Gasteiger partial charge in [0.05, 0.1) is 0 Å². The van der Waals surface area contributed by atoms with Crippen molar-refractivity contribution in [3.63, 3.8) is 0 Å². The lowest BCUT2D eigenvalue weighted by atomic mass is 10.0. The van der Waals surface area contributed by atoms with E-state index in [9.17, 15) is 0 Å². The van der Waals surface area contributed by atoms with Gasteiger partial charge < -0.3 is 5.32 Å². The predicted molar refractivity (Wildman–Crippen MR) is 84.8 cm³/mol. The Morgan fingerprint density at radius 3 is 2.60 bits per heavy atom. The number of halogens is 2. The monoisotopic (exact) mass is 309 g/mol. The topological polar surface area (TPSA) is 37.8 Å². The molecule has 0 saturated carbocycles. The van der Waals surface area contributed by atoms with Crippen LogP contribution in [-0.4, -0.2) is 16.5 Å². The minimum Gasteiger partial charge on any atom is -0.370 e. The first-order valence-corrected chi connectivity index (χ1v) is 7.41. The molecular weight excluding hydrogens is 293 g/mol. The van der Waals surface area contributed by atoms with E-state index in [1.165, 1.54) is 0 Å². The van der Waals surface area contributed by atoms with E-state index in [1.54, 1.807) is 12.4 Å². The van der Waals surface area contributed by atoms with Crippen LogP contribution in [0.2, 0.25) is 10.0 Å². The molecule has 0 atom stereocenters. The molecule has 2 aromatic rings. The van der Waals surface area contributed by atoms with E-state index in [1.807, 2.05) is 19.1 Å². The number of hydrogen-bond acceptors (Lipinski definition) is 3. The van der Waals surface area contributed by atoms with Gasteiger partial charge in [-0.05, 0) is 31.0 Å². The van der Waals surface area contributed by atoms with Crippen LogP contribution in [0.5, 0.6) is 0 Å². The molecule has 0 fully saturated rings. The van der Waals surface area contributed by atoms with Crippen LogP contribution in [0.3, 0.4) is 0 Å². The molecule has 5 heteroatoms. The highest BCUT2D eigenvalue weighted by molar-refractivity contribution is 6.35. The molecular formula is C15H17Cl2N3. The summed E-state index contributed by atoms with van der Waals surface area (Å²) >= 11 is 12.2. The quantitative estimate of drug-likeness (QED) is 0.891. The number of rotatable bonds is 5. The van der Waals surface area contributed by atoms with E-state index in [0.29, 0.717) is 16.5 Å². The van der Waals surface area contributed by atoms with E-state index in [4.69, 9.17) is 23.2 Å². The molecule has 3 nitrogen and oxygen atoms in total. The van der Waals surface area contributed by atoms with E-state index < -0.39 is 0 Å². The van der Waals surface area contributed by atoms with Gasteiger partial charge >= 0.3 is 0 Å². The van der Waals surface area contributed by atoms with Crippen molar-refractivity contribution >= 4 is 29.0 Å². The van der Waals surface area contributed by atoms with Crippen LogP contribution in [-0.2, 0) is 12.8 Å². The summed E-state index contributed by atoms with van der Waals surface area (Å²) in [6, 6.07) is 5.57. The molecule has 0 aliphatic heterocycles. The molecule has 0 spiro atoms. The molecule has 0 bridgehead atoms. The Kier molecular flexibility index (Phi) is 5.21. The van der Waals surface area contributed by atoms with Crippen molar-refractivity contribution < 1.29 is 0 Å². The van der Waals surface area contributed by atoms with Crippen molar-refractivity contribution in [3.8, 4) is 0 Å². The van der Waals surface area contributed by atoms with Gasteiger partial charge in [-0.1, -0.05) is 36.2 Å². The molecule has 0 aliphatic rings. The Morgan fingerprint density at radius 2 is 1.95 bits per heavy atom. The summed E-state index contributed by atoms with van der Waals surface area (Å²) in [5.41, 5.74) is 3.17. The van der Waals surface area contributed by atoms with E-state index >= 15 is 0 Å². The second-order valence-electron chi connectivity index (χ2n) is 4.44. The van der Waals surface area contributed by atoms with Crippen molar-refractivity contribution in [1.82, 2.24) is 9.97 Å². The fourth-order valence-corrected chi connectivity index (χ4v) is 2.59. The molecule has 1 aromatic heterocycles. The van der Waals surface area contributed by atoms with Crippen LogP contribution >= 0.6 is 23.2 Å². The van der Waals surface area contributed by atoms with E-state index in [-0.39, 0.29) is 0 Å². The third-order valence-corrected chi connectivity index (χ3v) is 3.68. The fraction of sp³-hybridized carbons (Fsp3) is 0.333. The first kappa shape index (κ1) is 15.1. The summed E-state index contributed by atoms with van der Waals surface area (Å²) < 4.78 is 0. The highest BCUT2D eigenvalue weighted by Crippen LogP contribution is 2.26. The largest absolute Gasteiger partial charge is 0.370 e. The number of aryl methyl sites for hydroxylation is 1. The van der Waals surface area contributed by atoms with Crippen molar-refractivity contribution in [2.24, 2.45) is 0 Å². The number of nitrogens with zero attached hydrogens (tertiary/aromatic N) is 2. The van der Waals surface area contributed by atoms with Gasteiger partial charge in [0.25, 0.3) is 0 Å². The van der Waals surface area contributed by atoms with Crippen molar-refractivity contribution in [1.29, 1.82) is 0 Å². The van der Waals surface area contributed by atoms with Crippen molar-refractivity contribution in [2.75, 3.05) is 11.9 Å². The van der Waals surface area contributed by atoms with Crippen LogP contribution in [0.25, 0.3) is 0 Å². The van der Waals surface area contributed by atoms with Gasteiger partial charge in [-0.25, -0.2) is 9.97 Å². The molecule has 0 unspecified atom stereocenters. The first-order chi connectivity index (χ1) is 9.65. The SMILES string of the molecule is CCNc1ncnc(CC)c1Cc1ccc(Cl)cc1Cl. The number of anilines is 1. The molecule has 0 aliphatic carbocycles. The third kappa shape index (κ3) is 3.41. The lowest BCUT2D eigenvalue weighted by Crippen LogP contribution is -2.08. The van der Waals surface area contributed by atoms with Gasteiger partial charge in [0, 0.05) is 34.3 Å². The standard InChI is InChI=1S/C15H17Cl2N3/c1-3-14-12(15(18-4-2)20-9-19-14)7-10-5-6-11(16)8-13(10)17/h5-6,8-9H,3-4,7H2,1-2H3,(H,18,19,20). The minimum atomic E-state index is 0.644. The van der Waals surface area contributed by atoms with Gasteiger partial charge in [-0.15, -0.1) is 0 Å². The second-order valence-corrected chi connectivity index (χ2v) is 5.29. The second kappa shape index (κ2) is 6.91. The normalized spacial score (nSPS) is 10.6. The molecule has 0 radical (unpaired) electrons. The number of benzene rings is 1. The average Bonchev–Trinajstić information content (AvgIpc) is 2.43. The summed E-state index contributed by atoms with van der Waals surface area (Å²) in [4.78, 5) is 8.69. The molecule has 0 amide bonds. The Hall–Kier alpha value is -1.32. The maximum Gasteiger partial charge on any atom is 0.133 e. The lowest BCUT2D eigenvalue weighted by Gasteiger charge is -2.13. The Morgan fingerprint density at radius 1 is 1.15 bits per heavy atom. The number of hydrogen-bond donors (Lipinski definition) is 1. The molecule has 20 heavy (non-hydrogen) atoms. The molecule has 106 valence electrons. The average molecular weight is 310 g/mol. The number of nitrogens with one attached hydrogen (secondary N) is 1. The van der Waals surface area contributed by atoms with Crippen molar-refractivity contribution in [3.05, 3.63) is 51.4 Å². The molecule has 1 heterocycles. The summed E-state index contributed by atoms with van der Waals surface area (Å²) in [5.74, 6) is 0.880. The van der Waals surface area contributed by atoms with E-state index in [2.05, 4.69) is 22.2 Å². The van der Waals surface area contributed by atoms with Crippen LogP contribution in [0.1, 0.15) is 30.7 Å². The van der Waals surface area contributed by atoms with Crippen LogP contribution in [0.4, 0.5) is 5.82 Å². The molecule has 2 rings (SSSR count). The molecule has 1 N–H and O–H groups in total. The van der Waals surface area contributed by atoms with Gasteiger partial charge in [0.2, 0.25) is 0 Å². The maximum atomic E-state index is 6.26. The zero-order valence-electron chi connectivity index (χ0n) is 11.6. The van der Waals surface area contributed by atoms with Crippen LogP contribution < -0.4 is 5.32 Å². The van der Waals surface area contributed by atoms with Gasteiger partial charge in [0.1, 0.15) is 12.1 Å². The summed E-state index contributed by atoms with van der Waals surface area (Å²) in [7, 11) is 0. The summed E-state index contributed by atoms with van der Waals surface area (Å²) in [6.07, 6.45) is 3.16. The smallest absolute Gasteiger partial charge is 0.133 e.